The summed E-state index contributed by atoms with van der Waals surface area (Å²) in [6.07, 6.45) is 0.498. The van der Waals surface area contributed by atoms with E-state index in [0.717, 1.165) is 17.2 Å². The maximum Gasteiger partial charge on any atom is 0.239 e. The second kappa shape index (κ2) is 4.50. The molecule has 0 aromatic carbocycles. The minimum Gasteiger partial charge on any atom is -0.273 e. The van der Waals surface area contributed by atoms with E-state index in [1.807, 2.05) is 18.7 Å². The molecule has 0 spiro atoms. The van der Waals surface area contributed by atoms with Gasteiger partial charge in [0.1, 0.15) is 0 Å². The number of thioether (sulfide) groups is 1. The molecule has 1 aliphatic rings. The Morgan fingerprint density at radius 1 is 1.83 bits per heavy atom. The van der Waals surface area contributed by atoms with E-state index in [0.29, 0.717) is 12.3 Å². The lowest BCUT2D eigenvalue weighted by Gasteiger charge is -2.01. The van der Waals surface area contributed by atoms with Crippen molar-refractivity contribution < 1.29 is 4.79 Å². The Kier molecular flexibility index (Phi) is 3.59. The normalized spacial score (nSPS) is 26.2. The van der Waals surface area contributed by atoms with Crippen molar-refractivity contribution in [1.29, 1.82) is 0 Å². The molecular formula is C8H14N2OS. The Hall–Kier alpha value is -0.510. The summed E-state index contributed by atoms with van der Waals surface area (Å²) in [7, 11) is 0. The first-order chi connectivity index (χ1) is 5.74. The summed E-state index contributed by atoms with van der Waals surface area (Å²) in [4.78, 5) is 10.9. The molecule has 68 valence electrons. The number of nitrogens with zero attached hydrogens (tertiary/aromatic N) is 1. The highest BCUT2D eigenvalue weighted by Gasteiger charge is 2.18. The van der Waals surface area contributed by atoms with Crippen LogP contribution >= 0.6 is 11.8 Å². The molecular weight excluding hydrogens is 172 g/mol. The zero-order valence-corrected chi connectivity index (χ0v) is 8.28. The van der Waals surface area contributed by atoms with Crippen molar-refractivity contribution in [2.45, 2.75) is 20.3 Å². The number of hydrogen-bond acceptors (Lipinski definition) is 3. The number of hydrogen-bond donors (Lipinski definition) is 1. The van der Waals surface area contributed by atoms with Crippen LogP contribution in [0.15, 0.2) is 5.10 Å². The van der Waals surface area contributed by atoms with Crippen molar-refractivity contribution >= 4 is 23.4 Å². The Bertz CT molecular complexity index is 203. The molecule has 1 saturated heterocycles. The number of carbonyl (C=O) groups is 1. The van der Waals surface area contributed by atoms with Crippen LogP contribution in [0.2, 0.25) is 0 Å². The van der Waals surface area contributed by atoms with Gasteiger partial charge in [0.2, 0.25) is 5.91 Å². The molecule has 1 amide bonds. The number of rotatable bonds is 2. The van der Waals surface area contributed by atoms with E-state index in [2.05, 4.69) is 17.5 Å². The van der Waals surface area contributed by atoms with Gasteiger partial charge in [-0.1, -0.05) is 13.8 Å². The predicted molar refractivity (Wildman–Crippen MR) is 52.4 cm³/mol. The van der Waals surface area contributed by atoms with E-state index < -0.39 is 0 Å². The van der Waals surface area contributed by atoms with Gasteiger partial charge in [-0.05, 0) is 0 Å². The van der Waals surface area contributed by atoms with Crippen LogP contribution in [0.25, 0.3) is 0 Å². The van der Waals surface area contributed by atoms with Gasteiger partial charge in [-0.25, -0.2) is 5.43 Å². The highest BCUT2D eigenvalue weighted by molar-refractivity contribution is 8.00. The van der Waals surface area contributed by atoms with Crippen molar-refractivity contribution in [3.8, 4) is 0 Å². The first-order valence-corrected chi connectivity index (χ1v) is 5.32. The monoisotopic (exact) mass is 186 g/mol. The summed E-state index contributed by atoms with van der Waals surface area (Å²) >= 11 is 1.87. The Morgan fingerprint density at radius 3 is 3.08 bits per heavy atom. The molecule has 4 heteroatoms. The van der Waals surface area contributed by atoms with Gasteiger partial charge in [0.15, 0.2) is 0 Å². The number of hydrazone groups is 1. The molecule has 12 heavy (non-hydrogen) atoms. The summed E-state index contributed by atoms with van der Waals surface area (Å²) in [5.74, 6) is 2.60. The summed E-state index contributed by atoms with van der Waals surface area (Å²) < 4.78 is 0. The maximum absolute atomic E-state index is 10.9. The zero-order valence-electron chi connectivity index (χ0n) is 7.46. The molecule has 1 aliphatic heterocycles. The van der Waals surface area contributed by atoms with Crippen LogP contribution in [0.5, 0.6) is 0 Å². The second-order valence-electron chi connectivity index (χ2n) is 2.91. The Balaban J connectivity index is 2.40. The van der Waals surface area contributed by atoms with E-state index in [-0.39, 0.29) is 5.91 Å². The fourth-order valence-corrected chi connectivity index (χ4v) is 2.16. The highest BCUT2D eigenvalue weighted by Crippen LogP contribution is 2.20. The van der Waals surface area contributed by atoms with Gasteiger partial charge in [0.05, 0.1) is 5.71 Å². The smallest absolute Gasteiger partial charge is 0.239 e. The van der Waals surface area contributed by atoms with Gasteiger partial charge < -0.3 is 0 Å². The van der Waals surface area contributed by atoms with E-state index in [1.165, 1.54) is 0 Å². The molecule has 0 aliphatic carbocycles. The standard InChI is InChI=1S/C8H14N2OS/c1-3-8(11)10-9-7-5-12-4-6(7)2/h6H,3-5H2,1-2H3,(H,10,11)/b9-7-. The van der Waals surface area contributed by atoms with Crippen LogP contribution in [0.1, 0.15) is 20.3 Å². The molecule has 3 nitrogen and oxygen atoms in total. The van der Waals surface area contributed by atoms with Gasteiger partial charge in [0, 0.05) is 23.8 Å². The highest BCUT2D eigenvalue weighted by atomic mass is 32.2. The summed E-state index contributed by atoms with van der Waals surface area (Å²) in [6.45, 7) is 3.96. The van der Waals surface area contributed by atoms with Crippen LogP contribution in [0.4, 0.5) is 0 Å². The van der Waals surface area contributed by atoms with E-state index >= 15 is 0 Å². The first kappa shape index (κ1) is 9.58. The molecule has 1 rings (SSSR count). The molecule has 1 N–H and O–H groups in total. The molecule has 1 heterocycles. The minimum absolute atomic E-state index is 0.00778. The van der Waals surface area contributed by atoms with Crippen LogP contribution in [-0.4, -0.2) is 23.1 Å². The summed E-state index contributed by atoms with van der Waals surface area (Å²) in [6, 6.07) is 0. The molecule has 1 atom stereocenters. The third-order valence-electron chi connectivity index (χ3n) is 1.83. The molecule has 0 bridgehead atoms. The third-order valence-corrected chi connectivity index (χ3v) is 3.07. The largest absolute Gasteiger partial charge is 0.273 e. The van der Waals surface area contributed by atoms with Crippen molar-refractivity contribution in [2.24, 2.45) is 11.0 Å². The van der Waals surface area contributed by atoms with E-state index in [4.69, 9.17) is 0 Å². The van der Waals surface area contributed by atoms with Crippen molar-refractivity contribution in [2.75, 3.05) is 11.5 Å². The molecule has 0 radical (unpaired) electrons. The van der Waals surface area contributed by atoms with Gasteiger partial charge in [-0.3, -0.25) is 4.79 Å². The lowest BCUT2D eigenvalue weighted by molar-refractivity contribution is -0.120. The summed E-state index contributed by atoms with van der Waals surface area (Å²) in [5.41, 5.74) is 3.65. The van der Waals surface area contributed by atoms with Crippen molar-refractivity contribution in [3.63, 3.8) is 0 Å². The average Bonchev–Trinajstić information content (AvgIpc) is 2.47. The second-order valence-corrected chi connectivity index (χ2v) is 3.94. The number of nitrogens with one attached hydrogen (secondary N) is 1. The zero-order chi connectivity index (χ0) is 8.97. The average molecular weight is 186 g/mol. The van der Waals surface area contributed by atoms with E-state index in [1.54, 1.807) is 0 Å². The van der Waals surface area contributed by atoms with Gasteiger partial charge in [-0.2, -0.15) is 16.9 Å². The third kappa shape index (κ3) is 2.52. The van der Waals surface area contributed by atoms with Crippen LogP contribution in [0, 0.1) is 5.92 Å². The topological polar surface area (TPSA) is 41.5 Å². The number of amides is 1. The van der Waals surface area contributed by atoms with Crippen molar-refractivity contribution in [1.82, 2.24) is 5.43 Å². The lowest BCUT2D eigenvalue weighted by Crippen LogP contribution is -2.20. The van der Waals surface area contributed by atoms with Crippen molar-refractivity contribution in [3.05, 3.63) is 0 Å². The van der Waals surface area contributed by atoms with Crippen LogP contribution < -0.4 is 5.43 Å². The first-order valence-electron chi connectivity index (χ1n) is 4.17. The molecule has 1 fully saturated rings. The van der Waals surface area contributed by atoms with Crippen LogP contribution in [0.3, 0.4) is 0 Å². The van der Waals surface area contributed by atoms with Gasteiger partial charge in [0.25, 0.3) is 0 Å². The number of carbonyl (C=O) groups excluding carboxylic acids is 1. The fraction of sp³-hybridized carbons (Fsp3) is 0.750. The van der Waals surface area contributed by atoms with E-state index in [9.17, 15) is 4.79 Å². The van der Waals surface area contributed by atoms with Crippen LogP contribution in [-0.2, 0) is 4.79 Å². The Morgan fingerprint density at radius 2 is 2.58 bits per heavy atom. The molecule has 1 unspecified atom stereocenters. The lowest BCUT2D eigenvalue weighted by atomic mass is 10.1. The quantitative estimate of drug-likeness (QED) is 0.659. The molecule has 0 aromatic rings. The maximum atomic E-state index is 10.9. The molecule has 0 saturated carbocycles. The molecule has 0 aromatic heterocycles. The Labute approximate surface area is 77.0 Å². The SMILES string of the molecule is CCC(=O)N/N=C1/CSCC1C. The van der Waals surface area contributed by atoms with Gasteiger partial charge in [-0.15, -0.1) is 0 Å². The minimum atomic E-state index is -0.00778. The fourth-order valence-electron chi connectivity index (χ4n) is 0.934. The predicted octanol–water partition coefficient (Wildman–Crippen LogP) is 1.25. The van der Waals surface area contributed by atoms with Gasteiger partial charge >= 0.3 is 0 Å². The summed E-state index contributed by atoms with van der Waals surface area (Å²) in [5, 5.41) is 4.07.